The van der Waals surface area contributed by atoms with Crippen molar-refractivity contribution < 1.29 is 4.74 Å². The van der Waals surface area contributed by atoms with Crippen molar-refractivity contribution in [2.24, 2.45) is 0 Å². The summed E-state index contributed by atoms with van der Waals surface area (Å²) < 4.78 is 6.24. The summed E-state index contributed by atoms with van der Waals surface area (Å²) in [5.74, 6) is 0.839. The van der Waals surface area contributed by atoms with E-state index in [-0.39, 0.29) is 6.04 Å². The van der Waals surface area contributed by atoms with Gasteiger partial charge in [0.15, 0.2) is 0 Å². The summed E-state index contributed by atoms with van der Waals surface area (Å²) in [5.41, 5.74) is 2.16. The molecule has 0 aliphatic carbocycles. The summed E-state index contributed by atoms with van der Waals surface area (Å²) in [6, 6.07) is 13.9. The lowest BCUT2D eigenvalue weighted by atomic mass is 9.98. The van der Waals surface area contributed by atoms with Crippen LogP contribution in [0.15, 0.2) is 46.9 Å². The van der Waals surface area contributed by atoms with Crippen LogP contribution in [0.4, 0.5) is 0 Å². The van der Waals surface area contributed by atoms with Crippen molar-refractivity contribution in [1.82, 2.24) is 5.32 Å². The summed E-state index contributed by atoms with van der Waals surface area (Å²) in [7, 11) is 3.59. The van der Waals surface area contributed by atoms with Crippen LogP contribution in [0, 0.1) is 0 Å². The Morgan fingerprint density at radius 3 is 2.63 bits per heavy atom. The Hall–Kier alpha value is -1.03. The molecule has 2 nitrogen and oxygen atoms in total. The van der Waals surface area contributed by atoms with E-state index in [1.54, 1.807) is 7.11 Å². The van der Waals surface area contributed by atoms with Gasteiger partial charge in [0.2, 0.25) is 0 Å². The zero-order chi connectivity index (χ0) is 13.8. The molecule has 0 aliphatic heterocycles. The maximum absolute atomic E-state index is 6.33. The van der Waals surface area contributed by atoms with Crippen LogP contribution in [0.25, 0.3) is 0 Å². The molecule has 0 saturated heterocycles. The molecule has 0 heterocycles. The molecule has 19 heavy (non-hydrogen) atoms. The molecule has 0 spiro atoms. The van der Waals surface area contributed by atoms with Gasteiger partial charge in [0, 0.05) is 9.50 Å². The lowest BCUT2D eigenvalue weighted by Crippen LogP contribution is -2.18. The van der Waals surface area contributed by atoms with E-state index in [1.165, 1.54) is 0 Å². The van der Waals surface area contributed by atoms with Crippen molar-refractivity contribution in [2.45, 2.75) is 6.04 Å². The molecule has 4 heteroatoms. The van der Waals surface area contributed by atoms with Crippen molar-refractivity contribution in [3.63, 3.8) is 0 Å². The molecular formula is C15H15BrClNO. The molecule has 0 radical (unpaired) electrons. The Labute approximate surface area is 126 Å². The predicted octanol–water partition coefficient (Wildman–Crippen LogP) is 4.42. The SMILES string of the molecule is CNC(c1cccc(OC)c1)c1ccc(Br)cc1Cl. The smallest absolute Gasteiger partial charge is 0.119 e. The number of hydrogen-bond acceptors (Lipinski definition) is 2. The minimum absolute atomic E-state index is 0.0377. The van der Waals surface area contributed by atoms with E-state index < -0.39 is 0 Å². The Morgan fingerprint density at radius 1 is 1.21 bits per heavy atom. The van der Waals surface area contributed by atoms with Gasteiger partial charge >= 0.3 is 0 Å². The van der Waals surface area contributed by atoms with Gasteiger partial charge < -0.3 is 10.1 Å². The highest BCUT2D eigenvalue weighted by atomic mass is 79.9. The first-order valence-corrected chi connectivity index (χ1v) is 7.09. The van der Waals surface area contributed by atoms with Crippen molar-refractivity contribution in [3.8, 4) is 5.75 Å². The van der Waals surface area contributed by atoms with Crippen LogP contribution in [0.3, 0.4) is 0 Å². The fourth-order valence-corrected chi connectivity index (χ4v) is 2.84. The van der Waals surface area contributed by atoms with Crippen molar-refractivity contribution in [1.29, 1.82) is 0 Å². The first-order chi connectivity index (χ1) is 9.15. The Balaban J connectivity index is 2.43. The van der Waals surface area contributed by atoms with E-state index in [2.05, 4.69) is 27.3 Å². The standard InChI is InChI=1S/C15H15BrClNO/c1-18-15(10-4-3-5-12(8-10)19-2)13-7-6-11(16)9-14(13)17/h3-9,15,18H,1-2H3. The lowest BCUT2D eigenvalue weighted by Gasteiger charge is -2.19. The Bertz CT molecular complexity index is 574. The van der Waals surface area contributed by atoms with Gasteiger partial charge in [-0.1, -0.05) is 45.7 Å². The van der Waals surface area contributed by atoms with Crippen molar-refractivity contribution >= 4 is 27.5 Å². The highest BCUT2D eigenvalue weighted by Crippen LogP contribution is 2.31. The Kier molecular flexibility index (Phi) is 4.86. The molecule has 0 aromatic heterocycles. The molecule has 0 fully saturated rings. The lowest BCUT2D eigenvalue weighted by molar-refractivity contribution is 0.414. The second-order valence-electron chi connectivity index (χ2n) is 4.16. The summed E-state index contributed by atoms with van der Waals surface area (Å²) in [6.45, 7) is 0. The second-order valence-corrected chi connectivity index (χ2v) is 5.49. The van der Waals surface area contributed by atoms with Gasteiger partial charge in [0.25, 0.3) is 0 Å². The van der Waals surface area contributed by atoms with Gasteiger partial charge in [-0.15, -0.1) is 0 Å². The van der Waals surface area contributed by atoms with Crippen LogP contribution in [0.2, 0.25) is 5.02 Å². The van der Waals surface area contributed by atoms with Gasteiger partial charge in [-0.2, -0.15) is 0 Å². The number of rotatable bonds is 4. The molecule has 0 bridgehead atoms. The largest absolute Gasteiger partial charge is 0.497 e. The molecule has 0 aliphatic rings. The average molecular weight is 341 g/mol. The second kappa shape index (κ2) is 6.42. The quantitative estimate of drug-likeness (QED) is 0.889. The summed E-state index contributed by atoms with van der Waals surface area (Å²) in [4.78, 5) is 0. The van der Waals surface area contributed by atoms with Gasteiger partial charge in [0.05, 0.1) is 13.2 Å². The van der Waals surface area contributed by atoms with E-state index in [0.29, 0.717) is 0 Å². The Morgan fingerprint density at radius 2 is 2.00 bits per heavy atom. The van der Waals surface area contributed by atoms with Gasteiger partial charge in [0.1, 0.15) is 5.75 Å². The summed E-state index contributed by atoms with van der Waals surface area (Å²) in [6.07, 6.45) is 0. The third kappa shape index (κ3) is 3.30. The van der Waals surface area contributed by atoms with Crippen LogP contribution in [0.5, 0.6) is 5.75 Å². The van der Waals surface area contributed by atoms with Crippen LogP contribution in [-0.2, 0) is 0 Å². The van der Waals surface area contributed by atoms with Crippen LogP contribution >= 0.6 is 27.5 Å². The molecule has 2 aromatic rings. The molecular weight excluding hydrogens is 326 g/mol. The van der Waals surface area contributed by atoms with Crippen molar-refractivity contribution in [3.05, 3.63) is 63.1 Å². The van der Waals surface area contributed by atoms with E-state index in [1.807, 2.05) is 43.4 Å². The zero-order valence-electron chi connectivity index (χ0n) is 10.8. The van der Waals surface area contributed by atoms with Gasteiger partial charge in [-0.3, -0.25) is 0 Å². The number of halogens is 2. The normalized spacial score (nSPS) is 12.2. The zero-order valence-corrected chi connectivity index (χ0v) is 13.1. The molecule has 100 valence electrons. The van der Waals surface area contributed by atoms with E-state index in [0.717, 1.165) is 26.4 Å². The highest BCUT2D eigenvalue weighted by molar-refractivity contribution is 9.10. The predicted molar refractivity (Wildman–Crippen MR) is 83.0 cm³/mol. The summed E-state index contributed by atoms with van der Waals surface area (Å²) >= 11 is 9.75. The fourth-order valence-electron chi connectivity index (χ4n) is 2.06. The number of benzene rings is 2. The van der Waals surface area contributed by atoms with Gasteiger partial charge in [-0.05, 0) is 42.4 Å². The third-order valence-corrected chi connectivity index (χ3v) is 3.81. The first-order valence-electron chi connectivity index (χ1n) is 5.92. The van der Waals surface area contributed by atoms with E-state index in [4.69, 9.17) is 16.3 Å². The molecule has 1 unspecified atom stereocenters. The van der Waals surface area contributed by atoms with Crippen molar-refractivity contribution in [2.75, 3.05) is 14.2 Å². The molecule has 2 rings (SSSR count). The fraction of sp³-hybridized carbons (Fsp3) is 0.200. The first kappa shape index (κ1) is 14.4. The maximum atomic E-state index is 6.33. The van der Waals surface area contributed by atoms with Crippen LogP contribution in [-0.4, -0.2) is 14.2 Å². The van der Waals surface area contributed by atoms with E-state index >= 15 is 0 Å². The summed E-state index contributed by atoms with van der Waals surface area (Å²) in [5, 5.41) is 4.02. The molecule has 1 N–H and O–H groups in total. The molecule has 1 atom stereocenters. The minimum atomic E-state index is 0.0377. The average Bonchev–Trinajstić information content (AvgIpc) is 2.42. The third-order valence-electron chi connectivity index (χ3n) is 2.99. The molecule has 2 aromatic carbocycles. The number of hydrogen-bond donors (Lipinski definition) is 1. The maximum Gasteiger partial charge on any atom is 0.119 e. The number of methoxy groups -OCH3 is 1. The van der Waals surface area contributed by atoms with E-state index in [9.17, 15) is 0 Å². The van der Waals surface area contributed by atoms with Crippen LogP contribution in [0.1, 0.15) is 17.2 Å². The van der Waals surface area contributed by atoms with Crippen LogP contribution < -0.4 is 10.1 Å². The number of nitrogens with one attached hydrogen (secondary N) is 1. The topological polar surface area (TPSA) is 21.3 Å². The highest BCUT2D eigenvalue weighted by Gasteiger charge is 2.15. The molecule has 0 saturated carbocycles. The number of ether oxygens (including phenoxy) is 1. The molecule has 0 amide bonds. The van der Waals surface area contributed by atoms with Gasteiger partial charge in [-0.25, -0.2) is 0 Å². The minimum Gasteiger partial charge on any atom is -0.497 e. The monoisotopic (exact) mass is 339 g/mol.